The van der Waals surface area contributed by atoms with Crippen LogP contribution in [0.3, 0.4) is 0 Å². The van der Waals surface area contributed by atoms with Crippen molar-refractivity contribution < 1.29 is 9.53 Å². The van der Waals surface area contributed by atoms with Gasteiger partial charge in [0.05, 0.1) is 6.61 Å². The molecule has 1 heterocycles. The Morgan fingerprint density at radius 1 is 1.71 bits per heavy atom. The third-order valence-electron chi connectivity index (χ3n) is 2.02. The van der Waals surface area contributed by atoms with Gasteiger partial charge >= 0.3 is 0 Å². The maximum Gasteiger partial charge on any atom is 0.293 e. The van der Waals surface area contributed by atoms with Gasteiger partial charge in [0.1, 0.15) is 0 Å². The molecule has 0 aliphatic heterocycles. The van der Waals surface area contributed by atoms with Gasteiger partial charge in [-0.3, -0.25) is 9.47 Å². The van der Waals surface area contributed by atoms with E-state index in [4.69, 9.17) is 5.84 Å². The number of carbonyl (C=O) groups is 1. The highest BCUT2D eigenvalue weighted by atomic mass is 16.5. The second-order valence-electron chi connectivity index (χ2n) is 3.22. The number of carbonyl (C=O) groups excluding carboxylic acids is 1. The number of nitrogens with two attached hydrogens (primary N) is 1. The summed E-state index contributed by atoms with van der Waals surface area (Å²) in [4.78, 5) is 9.18. The van der Waals surface area contributed by atoms with Gasteiger partial charge in [0.2, 0.25) is 0 Å². The van der Waals surface area contributed by atoms with Crippen molar-refractivity contribution in [2.24, 2.45) is 0 Å². The zero-order valence-electron chi connectivity index (χ0n) is 8.35. The minimum absolute atomic E-state index is 0.431. The number of hydrogen-bond donors (Lipinski definition) is 1. The Hall–Kier alpha value is -1.45. The van der Waals surface area contributed by atoms with Gasteiger partial charge in [-0.2, -0.15) is 0 Å². The molecule has 14 heavy (non-hydrogen) atoms. The van der Waals surface area contributed by atoms with Crippen molar-refractivity contribution in [1.29, 1.82) is 0 Å². The summed E-state index contributed by atoms with van der Waals surface area (Å²) < 4.78 is 5.77. The number of rotatable bonds is 3. The molecule has 2 rings (SSSR count). The standard InChI is InChI=1S/C7H10N2.C3H6O2/c8-9-4-3-7(5-9)6-1-2-6;1-2-5-3-4/h3-6H,1-2,8H2;3H,2H2,1H3. The molecule has 4 nitrogen and oxygen atoms in total. The maximum absolute atomic E-state index is 9.18. The molecule has 1 saturated carbocycles. The van der Waals surface area contributed by atoms with Gasteiger partial charge in [-0.15, -0.1) is 0 Å². The Bertz CT molecular complexity index is 279. The molecule has 2 N–H and O–H groups in total. The Balaban J connectivity index is 0.000000171. The highest BCUT2D eigenvalue weighted by Crippen LogP contribution is 2.39. The van der Waals surface area contributed by atoms with Gasteiger partial charge in [-0.1, -0.05) is 0 Å². The van der Waals surface area contributed by atoms with Crippen molar-refractivity contribution in [3.05, 3.63) is 24.0 Å². The topological polar surface area (TPSA) is 57.2 Å². The van der Waals surface area contributed by atoms with Gasteiger partial charge < -0.3 is 10.6 Å². The van der Waals surface area contributed by atoms with Crippen LogP contribution in [0.2, 0.25) is 0 Å². The smallest absolute Gasteiger partial charge is 0.293 e. The summed E-state index contributed by atoms with van der Waals surface area (Å²) in [5, 5.41) is 0. The summed E-state index contributed by atoms with van der Waals surface area (Å²) in [7, 11) is 0. The van der Waals surface area contributed by atoms with Crippen LogP contribution in [0.4, 0.5) is 0 Å². The van der Waals surface area contributed by atoms with Crippen molar-refractivity contribution in [3.63, 3.8) is 0 Å². The molecule has 1 aromatic rings. The zero-order valence-corrected chi connectivity index (χ0v) is 8.35. The van der Waals surface area contributed by atoms with E-state index in [1.807, 2.05) is 12.4 Å². The van der Waals surface area contributed by atoms with Crippen LogP contribution in [0.5, 0.6) is 0 Å². The van der Waals surface area contributed by atoms with Gasteiger partial charge in [-0.05, 0) is 37.3 Å². The fourth-order valence-corrected chi connectivity index (χ4v) is 1.16. The normalized spacial score (nSPS) is 14.1. The second-order valence-corrected chi connectivity index (χ2v) is 3.22. The van der Waals surface area contributed by atoms with Crippen LogP contribution in [0, 0.1) is 0 Å². The highest BCUT2D eigenvalue weighted by molar-refractivity contribution is 5.36. The van der Waals surface area contributed by atoms with Crippen molar-refractivity contribution in [3.8, 4) is 0 Å². The molecule has 0 atom stereocenters. The Labute approximate surface area is 83.6 Å². The first kappa shape index (κ1) is 10.6. The Morgan fingerprint density at radius 2 is 2.43 bits per heavy atom. The lowest BCUT2D eigenvalue weighted by molar-refractivity contribution is -0.128. The minimum atomic E-state index is 0.431. The predicted octanol–water partition coefficient (Wildman–Crippen LogP) is 1.26. The van der Waals surface area contributed by atoms with Crippen LogP contribution in [-0.2, 0) is 9.53 Å². The van der Waals surface area contributed by atoms with Crippen molar-refractivity contribution >= 4 is 6.47 Å². The molecule has 4 heteroatoms. The number of nitrogens with zero attached hydrogens (tertiary/aromatic N) is 1. The first-order valence-electron chi connectivity index (χ1n) is 4.76. The number of ether oxygens (including phenoxy) is 1. The van der Waals surface area contributed by atoms with Crippen molar-refractivity contribution in [1.82, 2.24) is 4.68 Å². The number of aromatic nitrogens is 1. The summed E-state index contributed by atoms with van der Waals surface area (Å²) in [6, 6.07) is 2.09. The van der Waals surface area contributed by atoms with E-state index in [0.717, 1.165) is 5.92 Å². The van der Waals surface area contributed by atoms with E-state index in [0.29, 0.717) is 13.1 Å². The molecule has 1 aliphatic carbocycles. The highest BCUT2D eigenvalue weighted by Gasteiger charge is 2.23. The molecule has 0 unspecified atom stereocenters. The van der Waals surface area contributed by atoms with E-state index in [9.17, 15) is 4.79 Å². The molecule has 1 aliphatic rings. The van der Waals surface area contributed by atoms with Crippen LogP contribution >= 0.6 is 0 Å². The van der Waals surface area contributed by atoms with Gasteiger partial charge in [0, 0.05) is 12.4 Å². The van der Waals surface area contributed by atoms with Crippen molar-refractivity contribution in [2.45, 2.75) is 25.7 Å². The monoisotopic (exact) mass is 196 g/mol. The number of nitrogen functional groups attached to an aromatic ring is 1. The van der Waals surface area contributed by atoms with E-state index >= 15 is 0 Å². The third kappa shape index (κ3) is 3.51. The van der Waals surface area contributed by atoms with Crippen molar-refractivity contribution in [2.75, 3.05) is 12.4 Å². The van der Waals surface area contributed by atoms with Crippen LogP contribution < -0.4 is 5.84 Å². The summed E-state index contributed by atoms with van der Waals surface area (Å²) in [5.41, 5.74) is 1.40. The molecule has 0 bridgehead atoms. The summed E-state index contributed by atoms with van der Waals surface area (Å²) in [6.45, 7) is 2.66. The van der Waals surface area contributed by atoms with Gasteiger partial charge in [0.25, 0.3) is 6.47 Å². The van der Waals surface area contributed by atoms with Crippen LogP contribution in [0.25, 0.3) is 0 Å². The van der Waals surface area contributed by atoms with E-state index in [2.05, 4.69) is 10.8 Å². The van der Waals surface area contributed by atoms with E-state index in [1.165, 1.54) is 18.4 Å². The van der Waals surface area contributed by atoms with Crippen LogP contribution in [0.1, 0.15) is 31.2 Å². The Kier molecular flexibility index (Phi) is 4.04. The van der Waals surface area contributed by atoms with E-state index in [-0.39, 0.29) is 0 Å². The summed E-state index contributed by atoms with van der Waals surface area (Å²) >= 11 is 0. The van der Waals surface area contributed by atoms with Crippen LogP contribution in [0.15, 0.2) is 18.5 Å². The lowest BCUT2D eigenvalue weighted by Crippen LogP contribution is -2.02. The average molecular weight is 196 g/mol. The average Bonchev–Trinajstić information content (AvgIpc) is 2.93. The second kappa shape index (κ2) is 5.32. The molecule has 0 amide bonds. The molecule has 78 valence electrons. The molecule has 0 aromatic carbocycles. The summed E-state index contributed by atoms with van der Waals surface area (Å²) in [6.07, 6.45) is 6.60. The van der Waals surface area contributed by atoms with Gasteiger partial charge in [-0.25, -0.2) is 0 Å². The fourth-order valence-electron chi connectivity index (χ4n) is 1.16. The number of hydrogen-bond acceptors (Lipinski definition) is 3. The molecule has 1 fully saturated rings. The first-order chi connectivity index (χ1) is 6.77. The molecule has 0 saturated heterocycles. The molecule has 1 aromatic heterocycles. The minimum Gasteiger partial charge on any atom is -0.468 e. The summed E-state index contributed by atoms with van der Waals surface area (Å²) in [5.74, 6) is 6.29. The third-order valence-corrected chi connectivity index (χ3v) is 2.02. The SMILES string of the molecule is CCOC=O.Nn1ccc(C2CC2)c1. The van der Waals surface area contributed by atoms with Gasteiger partial charge in [0.15, 0.2) is 0 Å². The predicted molar refractivity (Wildman–Crippen MR) is 54.2 cm³/mol. The maximum atomic E-state index is 9.18. The quantitative estimate of drug-likeness (QED) is 0.585. The molecule has 0 spiro atoms. The van der Waals surface area contributed by atoms with Crippen LogP contribution in [-0.4, -0.2) is 17.8 Å². The lowest BCUT2D eigenvalue weighted by atomic mass is 10.2. The molecular weight excluding hydrogens is 180 g/mol. The Morgan fingerprint density at radius 3 is 2.71 bits per heavy atom. The molecular formula is C10H16N2O2. The lowest BCUT2D eigenvalue weighted by Gasteiger charge is -1.87. The zero-order chi connectivity index (χ0) is 10.4. The van der Waals surface area contributed by atoms with E-state index in [1.54, 1.807) is 11.6 Å². The largest absolute Gasteiger partial charge is 0.468 e. The molecule has 0 radical (unpaired) electrons. The fraction of sp³-hybridized carbons (Fsp3) is 0.500. The van der Waals surface area contributed by atoms with E-state index < -0.39 is 0 Å². The first-order valence-corrected chi connectivity index (χ1v) is 4.76.